The fraction of sp³-hybridized carbons (Fsp3) is 0.333. The molecule has 0 atom stereocenters. The van der Waals surface area contributed by atoms with Crippen LogP contribution in [0.3, 0.4) is 0 Å². The maximum Gasteiger partial charge on any atom is 0.243 e. The quantitative estimate of drug-likeness (QED) is 0.777. The van der Waals surface area contributed by atoms with Gasteiger partial charge in [0.25, 0.3) is 0 Å². The molecule has 0 radical (unpaired) electrons. The fourth-order valence-corrected chi connectivity index (χ4v) is 4.70. The number of nitriles is 1. The first-order chi connectivity index (χ1) is 13.5. The molecule has 2 aromatic carbocycles. The zero-order valence-electron chi connectivity index (χ0n) is 15.6. The van der Waals surface area contributed by atoms with Crippen LogP contribution in [0.1, 0.15) is 30.4 Å². The Morgan fingerprint density at radius 1 is 1.00 bits per heavy atom. The van der Waals surface area contributed by atoms with Gasteiger partial charge < -0.3 is 5.32 Å². The maximum absolute atomic E-state index is 12.5. The van der Waals surface area contributed by atoms with E-state index in [0.717, 1.165) is 24.0 Å². The highest BCUT2D eigenvalue weighted by Crippen LogP contribution is 2.21. The van der Waals surface area contributed by atoms with E-state index in [1.54, 1.807) is 36.4 Å². The van der Waals surface area contributed by atoms with E-state index in [9.17, 15) is 13.2 Å². The first kappa shape index (κ1) is 20.1. The van der Waals surface area contributed by atoms with Gasteiger partial charge >= 0.3 is 0 Å². The van der Waals surface area contributed by atoms with Crippen molar-refractivity contribution < 1.29 is 13.2 Å². The summed E-state index contributed by atoms with van der Waals surface area (Å²) in [6.45, 7) is 1.17. The lowest BCUT2D eigenvalue weighted by Gasteiger charge is -2.15. The van der Waals surface area contributed by atoms with Gasteiger partial charge in [0.15, 0.2) is 0 Å². The molecule has 3 rings (SSSR count). The average molecular weight is 398 g/mol. The number of nitrogens with one attached hydrogen (secondary N) is 1. The molecule has 1 amide bonds. The van der Waals surface area contributed by atoms with Gasteiger partial charge in [0.05, 0.1) is 17.4 Å². The van der Waals surface area contributed by atoms with Gasteiger partial charge in [-0.3, -0.25) is 4.79 Å². The third kappa shape index (κ3) is 4.97. The average Bonchev–Trinajstić information content (AvgIpc) is 3.24. The summed E-state index contributed by atoms with van der Waals surface area (Å²) < 4.78 is 26.6. The molecule has 146 valence electrons. The number of amides is 1. The van der Waals surface area contributed by atoms with Gasteiger partial charge in [-0.15, -0.1) is 0 Å². The minimum absolute atomic E-state index is 0.109. The van der Waals surface area contributed by atoms with E-state index in [0.29, 0.717) is 42.9 Å². The Hall–Kier alpha value is -2.69. The molecule has 1 fully saturated rings. The van der Waals surface area contributed by atoms with E-state index < -0.39 is 10.0 Å². The van der Waals surface area contributed by atoms with Gasteiger partial charge in [0.2, 0.25) is 15.9 Å². The first-order valence-corrected chi connectivity index (χ1v) is 10.8. The molecule has 1 aliphatic rings. The number of sulfonamides is 1. The van der Waals surface area contributed by atoms with Crippen LogP contribution in [0.5, 0.6) is 0 Å². The maximum atomic E-state index is 12.5. The predicted molar refractivity (Wildman–Crippen MR) is 107 cm³/mol. The Morgan fingerprint density at radius 3 is 2.21 bits per heavy atom. The highest BCUT2D eigenvalue weighted by atomic mass is 32.2. The Balaban J connectivity index is 1.53. The highest BCUT2D eigenvalue weighted by molar-refractivity contribution is 7.89. The van der Waals surface area contributed by atoms with Crippen molar-refractivity contribution in [1.29, 1.82) is 5.26 Å². The number of benzene rings is 2. The van der Waals surface area contributed by atoms with Gasteiger partial charge in [-0.2, -0.15) is 9.57 Å². The summed E-state index contributed by atoms with van der Waals surface area (Å²) >= 11 is 0. The zero-order chi connectivity index (χ0) is 20.0. The van der Waals surface area contributed by atoms with Crippen LogP contribution < -0.4 is 5.32 Å². The molecular weight excluding hydrogens is 374 g/mol. The molecular formula is C21H23N3O3S. The largest absolute Gasteiger partial charge is 0.326 e. The number of anilines is 1. The van der Waals surface area contributed by atoms with Gasteiger partial charge in [-0.1, -0.05) is 24.3 Å². The van der Waals surface area contributed by atoms with Crippen LogP contribution in [-0.4, -0.2) is 31.7 Å². The van der Waals surface area contributed by atoms with E-state index in [-0.39, 0.29) is 5.91 Å². The molecule has 1 aliphatic heterocycles. The van der Waals surface area contributed by atoms with E-state index in [4.69, 9.17) is 5.26 Å². The summed E-state index contributed by atoms with van der Waals surface area (Å²) in [6.07, 6.45) is 3.00. The molecule has 28 heavy (non-hydrogen) atoms. The van der Waals surface area contributed by atoms with Crippen LogP contribution in [-0.2, 0) is 27.7 Å². The second kappa shape index (κ2) is 9.00. The third-order valence-corrected chi connectivity index (χ3v) is 6.70. The van der Waals surface area contributed by atoms with Gasteiger partial charge in [0.1, 0.15) is 0 Å². The molecule has 1 N–H and O–H groups in total. The Morgan fingerprint density at radius 2 is 1.61 bits per heavy atom. The van der Waals surface area contributed by atoms with Crippen molar-refractivity contribution in [2.75, 3.05) is 18.4 Å². The molecule has 2 aromatic rings. The third-order valence-electron chi connectivity index (χ3n) is 4.79. The minimum Gasteiger partial charge on any atom is -0.326 e. The lowest BCUT2D eigenvalue weighted by atomic mass is 10.1. The molecule has 0 unspecified atom stereocenters. The molecule has 0 aromatic heterocycles. The summed E-state index contributed by atoms with van der Waals surface area (Å²) in [5.74, 6) is -0.109. The smallest absolute Gasteiger partial charge is 0.243 e. The number of hydrogen-bond acceptors (Lipinski definition) is 4. The van der Waals surface area contributed by atoms with Crippen molar-refractivity contribution in [3.63, 3.8) is 0 Å². The monoisotopic (exact) mass is 397 g/mol. The first-order valence-electron chi connectivity index (χ1n) is 9.34. The molecule has 0 saturated carbocycles. The molecule has 0 bridgehead atoms. The van der Waals surface area contributed by atoms with Crippen LogP contribution in [0.25, 0.3) is 0 Å². The zero-order valence-corrected chi connectivity index (χ0v) is 16.4. The Labute approximate surface area is 165 Å². The summed E-state index contributed by atoms with van der Waals surface area (Å²) in [6, 6.07) is 16.1. The summed E-state index contributed by atoms with van der Waals surface area (Å²) in [7, 11) is -3.40. The number of aryl methyl sites for hydroxylation is 1. The van der Waals surface area contributed by atoms with Crippen molar-refractivity contribution >= 4 is 21.6 Å². The van der Waals surface area contributed by atoms with Gasteiger partial charge in [-0.25, -0.2) is 8.42 Å². The van der Waals surface area contributed by atoms with Crippen LogP contribution >= 0.6 is 0 Å². The number of hydrogen-bond donors (Lipinski definition) is 1. The van der Waals surface area contributed by atoms with Crippen LogP contribution in [0.15, 0.2) is 53.4 Å². The second-order valence-corrected chi connectivity index (χ2v) is 8.77. The number of carbonyl (C=O) groups is 1. The standard InChI is InChI=1S/C21H23N3O3S/c22-14-13-18-3-8-19(9-4-18)23-21(25)12-7-17-5-10-20(11-6-17)28(26,27)24-15-1-2-16-24/h3-6,8-11H,1-2,7,12-13,15-16H2,(H,23,25). The molecule has 0 spiro atoms. The number of carbonyl (C=O) groups excluding carboxylic acids is 1. The van der Waals surface area contributed by atoms with Gasteiger partial charge in [-0.05, 0) is 54.7 Å². The molecule has 6 nitrogen and oxygen atoms in total. The van der Waals surface area contributed by atoms with Crippen LogP contribution in [0.2, 0.25) is 0 Å². The fourth-order valence-electron chi connectivity index (χ4n) is 3.18. The molecule has 7 heteroatoms. The normalized spacial score (nSPS) is 14.5. The van der Waals surface area contributed by atoms with Crippen LogP contribution in [0.4, 0.5) is 5.69 Å². The number of rotatable bonds is 7. The Bertz CT molecular complexity index is 955. The summed E-state index contributed by atoms with van der Waals surface area (Å²) in [4.78, 5) is 12.4. The lowest BCUT2D eigenvalue weighted by molar-refractivity contribution is -0.116. The van der Waals surface area contributed by atoms with Crippen molar-refractivity contribution in [2.24, 2.45) is 0 Å². The van der Waals surface area contributed by atoms with Crippen molar-refractivity contribution in [2.45, 2.75) is 37.0 Å². The minimum atomic E-state index is -3.40. The molecule has 0 aliphatic carbocycles. The number of nitrogens with zero attached hydrogens (tertiary/aromatic N) is 2. The van der Waals surface area contributed by atoms with E-state index in [1.807, 2.05) is 12.1 Å². The lowest BCUT2D eigenvalue weighted by Crippen LogP contribution is -2.27. The van der Waals surface area contributed by atoms with Crippen molar-refractivity contribution in [3.8, 4) is 6.07 Å². The topological polar surface area (TPSA) is 90.3 Å². The van der Waals surface area contributed by atoms with Crippen molar-refractivity contribution in [3.05, 3.63) is 59.7 Å². The molecule has 1 saturated heterocycles. The van der Waals surface area contributed by atoms with Crippen molar-refractivity contribution in [1.82, 2.24) is 4.31 Å². The SMILES string of the molecule is N#CCc1ccc(NC(=O)CCc2ccc(S(=O)(=O)N3CCCC3)cc2)cc1. The van der Waals surface area contributed by atoms with E-state index in [1.165, 1.54) is 4.31 Å². The predicted octanol–water partition coefficient (Wildman–Crippen LogP) is 3.11. The second-order valence-electron chi connectivity index (χ2n) is 6.84. The highest BCUT2D eigenvalue weighted by Gasteiger charge is 2.26. The molecule has 1 heterocycles. The summed E-state index contributed by atoms with van der Waals surface area (Å²) in [5.41, 5.74) is 2.52. The van der Waals surface area contributed by atoms with Gasteiger partial charge in [0, 0.05) is 25.2 Å². The Kier molecular flexibility index (Phi) is 6.45. The van der Waals surface area contributed by atoms with Crippen LogP contribution in [0, 0.1) is 11.3 Å². The summed E-state index contributed by atoms with van der Waals surface area (Å²) in [5, 5.41) is 11.5. The van der Waals surface area contributed by atoms with E-state index in [2.05, 4.69) is 11.4 Å². The van der Waals surface area contributed by atoms with E-state index >= 15 is 0 Å².